The van der Waals surface area contributed by atoms with E-state index in [1.54, 1.807) is 0 Å². The van der Waals surface area contributed by atoms with E-state index >= 15 is 0 Å². The SMILES string of the molecule is CCC(C)C=C[SiH](N(C)C)N(C)C. The molecule has 0 saturated carbocycles. The van der Waals surface area contributed by atoms with Gasteiger partial charge < -0.3 is 9.13 Å². The molecule has 1 atom stereocenters. The monoisotopic (exact) mass is 200 g/mol. The fourth-order valence-electron chi connectivity index (χ4n) is 1.23. The summed E-state index contributed by atoms with van der Waals surface area (Å²) in [6, 6.07) is 0. The van der Waals surface area contributed by atoms with E-state index in [-0.39, 0.29) is 0 Å². The normalized spacial score (nSPS) is 15.2. The smallest absolute Gasteiger partial charge is 0.214 e. The summed E-state index contributed by atoms with van der Waals surface area (Å²) in [6.45, 7) is 4.50. The van der Waals surface area contributed by atoms with Crippen molar-refractivity contribution in [1.82, 2.24) is 9.13 Å². The molecule has 3 heteroatoms. The molecule has 78 valence electrons. The molecule has 2 nitrogen and oxygen atoms in total. The zero-order valence-electron chi connectivity index (χ0n) is 9.91. The van der Waals surface area contributed by atoms with Gasteiger partial charge in [-0.25, -0.2) is 0 Å². The van der Waals surface area contributed by atoms with Crippen molar-refractivity contribution in [2.45, 2.75) is 20.3 Å². The molecule has 0 rings (SSSR count). The third kappa shape index (κ3) is 5.24. The van der Waals surface area contributed by atoms with E-state index in [1.165, 1.54) is 6.42 Å². The van der Waals surface area contributed by atoms with Crippen LogP contribution in [-0.4, -0.2) is 46.4 Å². The fraction of sp³-hybridized carbons (Fsp3) is 0.800. The van der Waals surface area contributed by atoms with Crippen LogP contribution in [0.1, 0.15) is 20.3 Å². The first-order valence-corrected chi connectivity index (χ1v) is 6.70. The van der Waals surface area contributed by atoms with Crippen molar-refractivity contribution >= 4 is 9.12 Å². The lowest BCUT2D eigenvalue weighted by Gasteiger charge is -2.25. The number of allylic oxidation sites excluding steroid dienone is 1. The Morgan fingerprint density at radius 1 is 1.15 bits per heavy atom. The number of rotatable bonds is 5. The predicted octanol–water partition coefficient (Wildman–Crippen LogP) is 1.47. The van der Waals surface area contributed by atoms with Gasteiger partial charge in [-0.05, 0) is 34.1 Å². The van der Waals surface area contributed by atoms with Crippen LogP contribution in [0.3, 0.4) is 0 Å². The second-order valence-electron chi connectivity index (χ2n) is 4.11. The van der Waals surface area contributed by atoms with Gasteiger partial charge in [-0.2, -0.15) is 0 Å². The molecule has 0 amide bonds. The summed E-state index contributed by atoms with van der Waals surface area (Å²) in [5.74, 6) is 0.718. The molecule has 0 fully saturated rings. The highest BCUT2D eigenvalue weighted by Gasteiger charge is 2.12. The van der Waals surface area contributed by atoms with E-state index in [0.717, 1.165) is 5.92 Å². The highest BCUT2D eigenvalue weighted by atomic mass is 28.3. The maximum atomic E-state index is 2.41. The molecule has 0 saturated heterocycles. The maximum Gasteiger partial charge on any atom is 0.214 e. The Kier molecular flexibility index (Phi) is 6.29. The van der Waals surface area contributed by atoms with Crippen molar-refractivity contribution in [3.63, 3.8) is 0 Å². The van der Waals surface area contributed by atoms with Gasteiger partial charge in [-0.3, -0.25) is 0 Å². The fourth-order valence-corrected chi connectivity index (χ4v) is 3.42. The van der Waals surface area contributed by atoms with Crippen LogP contribution in [0.25, 0.3) is 0 Å². The van der Waals surface area contributed by atoms with E-state index < -0.39 is 9.12 Å². The minimum Gasteiger partial charge on any atom is -0.317 e. The Morgan fingerprint density at radius 3 is 1.92 bits per heavy atom. The van der Waals surface area contributed by atoms with E-state index in [9.17, 15) is 0 Å². The summed E-state index contributed by atoms with van der Waals surface area (Å²) in [7, 11) is 7.69. The first-order chi connectivity index (χ1) is 5.99. The molecule has 0 bridgehead atoms. The van der Waals surface area contributed by atoms with Gasteiger partial charge in [0.15, 0.2) is 0 Å². The third-order valence-electron chi connectivity index (χ3n) is 2.31. The van der Waals surface area contributed by atoms with Gasteiger partial charge in [-0.15, -0.1) is 0 Å². The molecule has 0 aliphatic carbocycles. The first-order valence-electron chi connectivity index (χ1n) is 5.00. The standard InChI is InChI=1S/C10H24N2Si/c1-7-10(2)8-9-13(11(3)4)12(5)6/h8-10,13H,7H2,1-6H3. The summed E-state index contributed by atoms with van der Waals surface area (Å²) in [5.41, 5.74) is 2.41. The highest BCUT2D eigenvalue weighted by molar-refractivity contribution is 6.58. The van der Waals surface area contributed by atoms with Crippen molar-refractivity contribution < 1.29 is 0 Å². The van der Waals surface area contributed by atoms with E-state index in [4.69, 9.17) is 0 Å². The molecule has 0 aromatic carbocycles. The Labute approximate surface area is 85.0 Å². The van der Waals surface area contributed by atoms with Crippen LogP contribution in [0, 0.1) is 5.92 Å². The first kappa shape index (κ1) is 12.9. The Balaban J connectivity index is 4.17. The van der Waals surface area contributed by atoms with E-state index in [1.807, 2.05) is 0 Å². The molecule has 0 aliphatic rings. The molecule has 0 heterocycles. The lowest BCUT2D eigenvalue weighted by molar-refractivity contribution is 0.529. The average molecular weight is 200 g/mol. The van der Waals surface area contributed by atoms with Gasteiger partial charge in [-0.1, -0.05) is 32.0 Å². The van der Waals surface area contributed by atoms with Crippen LogP contribution in [0.15, 0.2) is 11.8 Å². The molecular weight excluding hydrogens is 176 g/mol. The molecule has 0 aromatic rings. The second-order valence-corrected chi connectivity index (χ2v) is 7.39. The van der Waals surface area contributed by atoms with Gasteiger partial charge in [0.1, 0.15) is 0 Å². The highest BCUT2D eigenvalue weighted by Crippen LogP contribution is 2.04. The molecule has 0 N–H and O–H groups in total. The summed E-state index contributed by atoms with van der Waals surface area (Å²) in [4.78, 5) is 0. The molecule has 1 unspecified atom stereocenters. The van der Waals surface area contributed by atoms with Gasteiger partial charge in [0.2, 0.25) is 9.12 Å². The van der Waals surface area contributed by atoms with Crippen LogP contribution in [-0.2, 0) is 0 Å². The van der Waals surface area contributed by atoms with Crippen molar-refractivity contribution in [2.75, 3.05) is 28.2 Å². The Bertz CT molecular complexity index is 147. The predicted molar refractivity (Wildman–Crippen MR) is 63.1 cm³/mol. The maximum absolute atomic E-state index is 2.41. The van der Waals surface area contributed by atoms with Crippen LogP contribution < -0.4 is 0 Å². The minimum atomic E-state index is -0.964. The van der Waals surface area contributed by atoms with Crippen molar-refractivity contribution in [1.29, 1.82) is 0 Å². The van der Waals surface area contributed by atoms with Crippen molar-refractivity contribution in [2.24, 2.45) is 5.92 Å². The quantitative estimate of drug-likeness (QED) is 0.620. The average Bonchev–Trinajstić information content (AvgIpc) is 2.03. The van der Waals surface area contributed by atoms with Crippen molar-refractivity contribution in [3.05, 3.63) is 11.8 Å². The number of hydrogen-bond donors (Lipinski definition) is 0. The molecular formula is C10H24N2Si. The van der Waals surface area contributed by atoms with E-state index in [0.29, 0.717) is 0 Å². The van der Waals surface area contributed by atoms with Gasteiger partial charge >= 0.3 is 0 Å². The topological polar surface area (TPSA) is 6.48 Å². The van der Waals surface area contributed by atoms with Crippen LogP contribution in [0.5, 0.6) is 0 Å². The lowest BCUT2D eigenvalue weighted by Crippen LogP contribution is -2.44. The summed E-state index contributed by atoms with van der Waals surface area (Å²) in [5, 5.41) is 0. The largest absolute Gasteiger partial charge is 0.317 e. The number of nitrogens with zero attached hydrogens (tertiary/aromatic N) is 2. The molecule has 0 radical (unpaired) electrons. The molecule has 0 aromatic heterocycles. The summed E-state index contributed by atoms with van der Waals surface area (Å²) < 4.78 is 4.69. The minimum absolute atomic E-state index is 0.718. The van der Waals surface area contributed by atoms with Crippen molar-refractivity contribution in [3.8, 4) is 0 Å². The zero-order chi connectivity index (χ0) is 10.4. The molecule has 0 aliphatic heterocycles. The third-order valence-corrected chi connectivity index (χ3v) is 5.00. The van der Waals surface area contributed by atoms with Crippen LogP contribution in [0.2, 0.25) is 0 Å². The van der Waals surface area contributed by atoms with Crippen LogP contribution >= 0.6 is 0 Å². The summed E-state index contributed by atoms with van der Waals surface area (Å²) >= 11 is 0. The lowest BCUT2D eigenvalue weighted by atomic mass is 10.1. The van der Waals surface area contributed by atoms with Gasteiger partial charge in [0, 0.05) is 0 Å². The Morgan fingerprint density at radius 2 is 1.62 bits per heavy atom. The second kappa shape index (κ2) is 6.35. The molecule has 0 spiro atoms. The number of hydrogen-bond acceptors (Lipinski definition) is 2. The Hall–Kier alpha value is -0.123. The zero-order valence-corrected chi connectivity index (χ0v) is 11.1. The summed E-state index contributed by atoms with van der Waals surface area (Å²) in [6.07, 6.45) is 3.59. The van der Waals surface area contributed by atoms with Gasteiger partial charge in [0.05, 0.1) is 0 Å². The molecule has 13 heavy (non-hydrogen) atoms. The van der Waals surface area contributed by atoms with Crippen LogP contribution in [0.4, 0.5) is 0 Å². The van der Waals surface area contributed by atoms with Gasteiger partial charge in [0.25, 0.3) is 0 Å². The van der Waals surface area contributed by atoms with E-state index in [2.05, 4.69) is 62.9 Å².